The molecule has 3 aliphatic heterocycles. The number of hydrogen-bond donors (Lipinski definition) is 1. The predicted octanol–water partition coefficient (Wildman–Crippen LogP) is 2.06. The first-order chi connectivity index (χ1) is 18.1. The van der Waals surface area contributed by atoms with Crippen molar-refractivity contribution < 1.29 is 32.6 Å². The summed E-state index contributed by atoms with van der Waals surface area (Å²) in [5, 5.41) is 11.5. The first-order valence-corrected chi connectivity index (χ1v) is 13.9. The summed E-state index contributed by atoms with van der Waals surface area (Å²) in [4.78, 5) is 44.1. The van der Waals surface area contributed by atoms with Crippen LogP contribution in [0.2, 0.25) is 0 Å². The normalized spacial score (nSPS) is 24.7. The molecule has 2 aromatic carbocycles. The number of likely N-dealkylation sites (N-methyl/N-ethyl adjacent to an activating group) is 1. The molecule has 200 valence electrons. The molecule has 0 radical (unpaired) electrons. The highest BCUT2D eigenvalue weighted by Crippen LogP contribution is 2.53. The number of ether oxygens (including phenoxy) is 1. The van der Waals surface area contributed by atoms with E-state index in [9.17, 15) is 27.9 Å². The van der Waals surface area contributed by atoms with Crippen molar-refractivity contribution in [3.8, 4) is 0 Å². The molecule has 0 saturated carbocycles. The minimum absolute atomic E-state index is 0.00737. The Bertz CT molecular complexity index is 1460. The molecule has 3 aliphatic rings. The molecule has 3 heterocycles. The van der Waals surface area contributed by atoms with Crippen molar-refractivity contribution in [2.45, 2.75) is 36.3 Å². The lowest BCUT2D eigenvalue weighted by Gasteiger charge is -2.35. The van der Waals surface area contributed by atoms with E-state index >= 15 is 0 Å². The first kappa shape index (κ1) is 26.1. The maximum atomic E-state index is 14.2. The first-order valence-electron chi connectivity index (χ1n) is 12.4. The SMILES string of the molecule is CCN1C(=O)C2(C(=C(O)c3ccc(S(=O)(=O)N(C)C)cc3)C(=O)C(=O)N2CC2CCCO2)c2ccccc21. The van der Waals surface area contributed by atoms with Gasteiger partial charge in [0.15, 0.2) is 5.54 Å². The lowest BCUT2D eigenvalue weighted by Crippen LogP contribution is -2.53. The van der Waals surface area contributed by atoms with Crippen molar-refractivity contribution >= 4 is 39.1 Å². The molecule has 1 N–H and O–H groups in total. The van der Waals surface area contributed by atoms with Crippen LogP contribution in [0.3, 0.4) is 0 Å². The molecule has 0 aliphatic carbocycles. The number of benzene rings is 2. The Morgan fingerprint density at radius 2 is 1.79 bits per heavy atom. The Hall–Kier alpha value is -3.54. The highest BCUT2D eigenvalue weighted by atomic mass is 32.2. The number of ketones is 1. The molecule has 2 saturated heterocycles. The smallest absolute Gasteiger partial charge is 0.296 e. The van der Waals surface area contributed by atoms with Gasteiger partial charge in [-0.3, -0.25) is 14.4 Å². The zero-order chi connectivity index (χ0) is 27.4. The van der Waals surface area contributed by atoms with Crippen molar-refractivity contribution in [2.24, 2.45) is 0 Å². The number of Topliss-reactive ketones (excluding diaryl/α,β-unsaturated/α-hetero) is 1. The zero-order valence-electron chi connectivity index (χ0n) is 21.4. The number of hydrogen-bond acceptors (Lipinski definition) is 7. The van der Waals surface area contributed by atoms with Gasteiger partial charge in [-0.15, -0.1) is 0 Å². The number of carbonyl (C=O) groups is 3. The van der Waals surface area contributed by atoms with Gasteiger partial charge in [0.05, 0.1) is 22.3 Å². The van der Waals surface area contributed by atoms with E-state index in [2.05, 4.69) is 0 Å². The van der Waals surface area contributed by atoms with E-state index < -0.39 is 38.9 Å². The minimum atomic E-state index is -3.73. The third kappa shape index (κ3) is 3.60. The maximum absolute atomic E-state index is 14.2. The van der Waals surface area contributed by atoms with Crippen LogP contribution in [0, 0.1) is 0 Å². The van der Waals surface area contributed by atoms with Crippen LogP contribution in [0.25, 0.3) is 5.76 Å². The number of amides is 2. The van der Waals surface area contributed by atoms with Crippen LogP contribution >= 0.6 is 0 Å². The van der Waals surface area contributed by atoms with Gasteiger partial charge in [0.1, 0.15) is 5.76 Å². The van der Waals surface area contributed by atoms with E-state index in [1.165, 1.54) is 48.2 Å². The molecular weight excluding hydrogens is 510 g/mol. The summed E-state index contributed by atoms with van der Waals surface area (Å²) in [5.74, 6) is -2.93. The largest absolute Gasteiger partial charge is 0.507 e. The summed E-state index contributed by atoms with van der Waals surface area (Å²) >= 11 is 0. The summed E-state index contributed by atoms with van der Waals surface area (Å²) in [6, 6.07) is 12.3. The van der Waals surface area contributed by atoms with Gasteiger partial charge in [0, 0.05) is 44.9 Å². The van der Waals surface area contributed by atoms with E-state index in [1.54, 1.807) is 31.2 Å². The number of likely N-dealkylation sites (tertiary alicyclic amines) is 1. The van der Waals surface area contributed by atoms with E-state index in [1.807, 2.05) is 0 Å². The number of nitrogens with zero attached hydrogens (tertiary/aromatic N) is 3. The lowest BCUT2D eigenvalue weighted by atomic mass is 9.81. The molecule has 38 heavy (non-hydrogen) atoms. The highest BCUT2D eigenvalue weighted by Gasteiger charge is 2.67. The Balaban J connectivity index is 1.74. The average molecular weight is 540 g/mol. The summed E-state index contributed by atoms with van der Waals surface area (Å²) in [6.45, 7) is 2.62. The quantitative estimate of drug-likeness (QED) is 0.339. The van der Waals surface area contributed by atoms with Gasteiger partial charge < -0.3 is 19.6 Å². The van der Waals surface area contributed by atoms with Gasteiger partial charge in [-0.2, -0.15) is 0 Å². The molecule has 2 amide bonds. The number of fused-ring (bicyclic) bond motifs is 2. The molecule has 5 rings (SSSR count). The molecule has 10 nitrogen and oxygen atoms in total. The monoisotopic (exact) mass is 539 g/mol. The summed E-state index contributed by atoms with van der Waals surface area (Å²) < 4.78 is 31.8. The molecule has 0 bridgehead atoms. The van der Waals surface area contributed by atoms with Crippen molar-refractivity contribution in [2.75, 3.05) is 38.7 Å². The van der Waals surface area contributed by atoms with Crippen LogP contribution in [0.5, 0.6) is 0 Å². The van der Waals surface area contributed by atoms with Gasteiger partial charge in [-0.1, -0.05) is 18.2 Å². The molecule has 2 atom stereocenters. The Kier molecular flexibility index (Phi) is 6.41. The predicted molar refractivity (Wildman–Crippen MR) is 139 cm³/mol. The van der Waals surface area contributed by atoms with Gasteiger partial charge in [0.25, 0.3) is 17.6 Å². The summed E-state index contributed by atoms with van der Waals surface area (Å²) in [7, 11) is -0.923. The second kappa shape index (κ2) is 9.33. The number of rotatable bonds is 6. The molecule has 2 aromatic rings. The number of sulfonamides is 1. The second-order valence-electron chi connectivity index (χ2n) is 9.69. The van der Waals surface area contributed by atoms with Crippen LogP contribution in [0.1, 0.15) is 30.9 Å². The van der Waals surface area contributed by atoms with Crippen LogP contribution < -0.4 is 4.90 Å². The van der Waals surface area contributed by atoms with E-state index in [4.69, 9.17) is 4.74 Å². The Morgan fingerprint density at radius 1 is 1.11 bits per heavy atom. The van der Waals surface area contributed by atoms with Crippen molar-refractivity contribution in [3.63, 3.8) is 0 Å². The van der Waals surface area contributed by atoms with Gasteiger partial charge in [-0.25, -0.2) is 12.7 Å². The maximum Gasteiger partial charge on any atom is 0.296 e. The summed E-state index contributed by atoms with van der Waals surface area (Å²) in [5.41, 5.74) is -1.12. The van der Waals surface area contributed by atoms with Crippen molar-refractivity contribution in [3.05, 3.63) is 65.2 Å². The van der Waals surface area contributed by atoms with Gasteiger partial charge >= 0.3 is 0 Å². The summed E-state index contributed by atoms with van der Waals surface area (Å²) in [6.07, 6.45) is 1.13. The highest BCUT2D eigenvalue weighted by molar-refractivity contribution is 7.89. The molecule has 1 spiro atoms. The standard InChI is InChI=1S/C27H29N3O7S/c1-4-29-21-10-6-5-9-20(21)27(26(29)34)22(24(32)25(33)30(27)16-18-8-7-15-37-18)23(31)17-11-13-19(14-12-17)38(35,36)28(2)3/h5-6,9-14,18,31H,4,7-8,15-16H2,1-3H3. The third-order valence-electron chi connectivity index (χ3n) is 7.44. The van der Waals surface area contributed by atoms with Crippen molar-refractivity contribution in [1.82, 2.24) is 9.21 Å². The minimum Gasteiger partial charge on any atom is -0.507 e. The number of aliphatic hydroxyl groups is 1. The van der Waals surface area contributed by atoms with Crippen LogP contribution in [0.4, 0.5) is 5.69 Å². The van der Waals surface area contributed by atoms with E-state index in [0.717, 1.165) is 10.7 Å². The number of para-hydroxylation sites is 1. The third-order valence-corrected chi connectivity index (χ3v) is 9.27. The molecule has 11 heteroatoms. The molecule has 0 aromatic heterocycles. The zero-order valence-corrected chi connectivity index (χ0v) is 22.2. The number of carbonyl (C=O) groups excluding carboxylic acids is 3. The van der Waals surface area contributed by atoms with Gasteiger partial charge in [0.2, 0.25) is 10.0 Å². The second-order valence-corrected chi connectivity index (χ2v) is 11.8. The lowest BCUT2D eigenvalue weighted by molar-refractivity contribution is -0.145. The van der Waals surface area contributed by atoms with Crippen LogP contribution in [-0.2, 0) is 34.7 Å². The number of aliphatic hydroxyl groups excluding tert-OH is 1. The average Bonchev–Trinajstić information content (AvgIpc) is 3.57. The topological polar surface area (TPSA) is 125 Å². The molecular formula is C27H29N3O7S. The fraction of sp³-hybridized carbons (Fsp3) is 0.370. The Morgan fingerprint density at radius 3 is 2.39 bits per heavy atom. The van der Waals surface area contributed by atoms with Gasteiger partial charge in [-0.05, 0) is 50.1 Å². The molecule has 2 unspecified atom stereocenters. The van der Waals surface area contributed by atoms with E-state index in [-0.39, 0.29) is 28.7 Å². The fourth-order valence-corrected chi connectivity index (χ4v) is 6.46. The molecule has 2 fully saturated rings. The van der Waals surface area contributed by atoms with E-state index in [0.29, 0.717) is 30.8 Å². The Labute approximate surface area is 221 Å². The number of anilines is 1. The fourth-order valence-electron chi connectivity index (χ4n) is 5.56. The van der Waals surface area contributed by atoms with Crippen molar-refractivity contribution in [1.29, 1.82) is 0 Å². The van der Waals surface area contributed by atoms with Crippen LogP contribution in [-0.4, -0.2) is 80.2 Å². The van der Waals surface area contributed by atoms with Crippen LogP contribution in [0.15, 0.2) is 59.0 Å².